The predicted octanol–water partition coefficient (Wildman–Crippen LogP) is 3.18. The Balaban J connectivity index is 0.00000208. The Morgan fingerprint density at radius 3 is 2.67 bits per heavy atom. The van der Waals surface area contributed by atoms with Crippen LogP contribution in [-0.2, 0) is 31.0 Å². The Hall–Kier alpha value is -1.88. The number of carbonyl (C=O) groups excluding carboxylic acids is 1. The summed E-state index contributed by atoms with van der Waals surface area (Å²) in [6.45, 7) is 5.48. The Morgan fingerprint density at radius 2 is 1.88 bits per heavy atom. The minimum atomic E-state index is -0.0362. The van der Waals surface area contributed by atoms with E-state index in [9.17, 15) is 4.79 Å². The van der Waals surface area contributed by atoms with Crippen molar-refractivity contribution in [2.75, 3.05) is 6.61 Å². The van der Waals surface area contributed by atoms with Gasteiger partial charge < -0.3 is 15.4 Å². The highest BCUT2D eigenvalue weighted by atomic mass is 35.5. The van der Waals surface area contributed by atoms with Crippen LogP contribution in [0.15, 0.2) is 42.5 Å². The molecule has 0 saturated carbocycles. The van der Waals surface area contributed by atoms with Crippen LogP contribution in [0.5, 0.6) is 0 Å². The first kappa shape index (κ1) is 18.5. The van der Waals surface area contributed by atoms with Crippen molar-refractivity contribution >= 4 is 18.3 Å². The number of rotatable bonds is 6. The molecule has 2 N–H and O–H groups in total. The number of nitrogens with one attached hydrogen (secondary N) is 2. The van der Waals surface area contributed by atoms with Crippen molar-refractivity contribution in [1.82, 2.24) is 10.6 Å². The minimum Gasteiger partial charge on any atom is -0.377 e. The zero-order valence-electron chi connectivity index (χ0n) is 13.8. The van der Waals surface area contributed by atoms with Crippen LogP contribution in [0.2, 0.25) is 0 Å². The molecule has 128 valence electrons. The summed E-state index contributed by atoms with van der Waals surface area (Å²) >= 11 is 0. The van der Waals surface area contributed by atoms with Crippen LogP contribution in [-0.4, -0.2) is 12.5 Å². The van der Waals surface area contributed by atoms with E-state index >= 15 is 0 Å². The van der Waals surface area contributed by atoms with Crippen LogP contribution in [0.25, 0.3) is 0 Å². The van der Waals surface area contributed by atoms with Gasteiger partial charge in [-0.2, -0.15) is 0 Å². The lowest BCUT2D eigenvalue weighted by Gasteiger charge is -2.11. The molecule has 0 radical (unpaired) electrons. The van der Waals surface area contributed by atoms with Gasteiger partial charge in [-0.15, -0.1) is 12.4 Å². The van der Waals surface area contributed by atoms with Crippen LogP contribution < -0.4 is 10.6 Å². The maximum absolute atomic E-state index is 12.4. The minimum absolute atomic E-state index is 0. The highest BCUT2D eigenvalue weighted by Crippen LogP contribution is 2.17. The normalized spacial score (nSPS) is 12.4. The van der Waals surface area contributed by atoms with Gasteiger partial charge >= 0.3 is 0 Å². The number of benzene rings is 2. The molecule has 0 aliphatic carbocycles. The molecule has 1 amide bonds. The molecule has 0 saturated heterocycles. The first-order valence-electron chi connectivity index (χ1n) is 8.03. The molecule has 2 aromatic rings. The van der Waals surface area contributed by atoms with Crippen LogP contribution in [0.1, 0.15) is 39.5 Å². The van der Waals surface area contributed by atoms with Gasteiger partial charge in [-0.3, -0.25) is 4.79 Å². The van der Waals surface area contributed by atoms with E-state index in [1.54, 1.807) is 0 Å². The van der Waals surface area contributed by atoms with E-state index in [1.165, 1.54) is 11.1 Å². The van der Waals surface area contributed by atoms with Crippen molar-refractivity contribution in [3.63, 3.8) is 0 Å². The zero-order valence-corrected chi connectivity index (χ0v) is 14.6. The molecule has 0 bridgehead atoms. The highest BCUT2D eigenvalue weighted by molar-refractivity contribution is 5.94. The molecular weight excluding hydrogens is 324 g/mol. The molecular formula is C19H23ClN2O2. The van der Waals surface area contributed by atoms with Gasteiger partial charge in [0.05, 0.1) is 6.61 Å². The highest BCUT2D eigenvalue weighted by Gasteiger charge is 2.13. The van der Waals surface area contributed by atoms with Gasteiger partial charge in [-0.05, 0) is 41.3 Å². The molecule has 4 nitrogen and oxygen atoms in total. The van der Waals surface area contributed by atoms with E-state index in [2.05, 4.69) is 10.6 Å². The second-order valence-corrected chi connectivity index (χ2v) is 5.68. The second kappa shape index (κ2) is 8.83. The Kier molecular flexibility index (Phi) is 6.79. The molecule has 24 heavy (non-hydrogen) atoms. The lowest BCUT2D eigenvalue weighted by molar-refractivity contribution is 0.0949. The summed E-state index contributed by atoms with van der Waals surface area (Å²) in [4.78, 5) is 12.4. The molecule has 2 aromatic carbocycles. The molecule has 0 spiro atoms. The fraction of sp³-hybridized carbons (Fsp3) is 0.316. The molecule has 5 heteroatoms. The molecule has 1 aliphatic heterocycles. The SMILES string of the molecule is CCOCc1ccccc1CNC(=O)c1ccc2c(c1)CNC2.Cl. The molecule has 0 atom stereocenters. The largest absolute Gasteiger partial charge is 0.377 e. The van der Waals surface area contributed by atoms with Gasteiger partial charge in [0.1, 0.15) is 0 Å². The first-order chi connectivity index (χ1) is 11.3. The van der Waals surface area contributed by atoms with Crippen LogP contribution in [0.3, 0.4) is 0 Å². The number of ether oxygens (including phenoxy) is 1. The van der Waals surface area contributed by atoms with Crippen molar-refractivity contribution in [3.8, 4) is 0 Å². The third-order valence-electron chi connectivity index (χ3n) is 4.12. The number of fused-ring (bicyclic) bond motifs is 1. The average molecular weight is 347 g/mol. The van der Waals surface area contributed by atoms with Crippen molar-refractivity contribution < 1.29 is 9.53 Å². The van der Waals surface area contributed by atoms with Crippen molar-refractivity contribution in [2.45, 2.75) is 33.2 Å². The fourth-order valence-corrected chi connectivity index (χ4v) is 2.80. The fourth-order valence-electron chi connectivity index (χ4n) is 2.80. The molecule has 0 aromatic heterocycles. The predicted molar refractivity (Wildman–Crippen MR) is 97.2 cm³/mol. The quantitative estimate of drug-likeness (QED) is 0.844. The molecule has 1 heterocycles. The summed E-state index contributed by atoms with van der Waals surface area (Å²) in [6, 6.07) is 14.0. The monoisotopic (exact) mass is 346 g/mol. The van der Waals surface area contributed by atoms with E-state index in [0.29, 0.717) is 19.8 Å². The summed E-state index contributed by atoms with van der Waals surface area (Å²) < 4.78 is 5.48. The molecule has 1 aliphatic rings. The summed E-state index contributed by atoms with van der Waals surface area (Å²) in [5, 5.41) is 6.30. The van der Waals surface area contributed by atoms with Crippen molar-refractivity contribution in [1.29, 1.82) is 0 Å². The standard InChI is InChI=1S/C19H22N2O2.ClH/c1-2-23-13-17-6-4-3-5-15(17)12-21-19(22)14-7-8-16-10-20-11-18(16)9-14;/h3-9,20H,2,10-13H2,1H3,(H,21,22);1H. The van der Waals surface area contributed by atoms with E-state index in [1.807, 2.05) is 49.4 Å². The van der Waals surface area contributed by atoms with Crippen molar-refractivity contribution in [2.24, 2.45) is 0 Å². The third kappa shape index (κ3) is 4.35. The van der Waals surface area contributed by atoms with E-state index in [-0.39, 0.29) is 18.3 Å². The number of carbonyl (C=O) groups is 1. The lowest BCUT2D eigenvalue weighted by Crippen LogP contribution is -2.23. The Morgan fingerprint density at radius 1 is 1.12 bits per heavy atom. The maximum atomic E-state index is 12.4. The number of halogens is 1. The van der Waals surface area contributed by atoms with E-state index in [4.69, 9.17) is 4.74 Å². The van der Waals surface area contributed by atoms with Gasteiger partial charge in [0, 0.05) is 31.8 Å². The summed E-state index contributed by atoms with van der Waals surface area (Å²) in [5.74, 6) is -0.0362. The Bertz CT molecular complexity index is 704. The second-order valence-electron chi connectivity index (χ2n) is 5.68. The summed E-state index contributed by atoms with van der Waals surface area (Å²) in [7, 11) is 0. The van der Waals surface area contributed by atoms with Crippen LogP contribution >= 0.6 is 12.4 Å². The summed E-state index contributed by atoms with van der Waals surface area (Å²) in [6.07, 6.45) is 0. The lowest BCUT2D eigenvalue weighted by atomic mass is 10.1. The topological polar surface area (TPSA) is 50.4 Å². The van der Waals surface area contributed by atoms with E-state index in [0.717, 1.165) is 29.8 Å². The van der Waals surface area contributed by atoms with Gasteiger partial charge in [-0.25, -0.2) is 0 Å². The van der Waals surface area contributed by atoms with Crippen LogP contribution in [0, 0.1) is 0 Å². The van der Waals surface area contributed by atoms with Gasteiger partial charge in [0.2, 0.25) is 0 Å². The zero-order chi connectivity index (χ0) is 16.1. The Labute approximate surface area is 149 Å². The number of amides is 1. The molecule has 0 unspecified atom stereocenters. The van der Waals surface area contributed by atoms with Gasteiger partial charge in [0.15, 0.2) is 0 Å². The first-order valence-corrected chi connectivity index (χ1v) is 8.03. The third-order valence-corrected chi connectivity index (χ3v) is 4.12. The average Bonchev–Trinajstić information content (AvgIpc) is 3.06. The number of hydrogen-bond donors (Lipinski definition) is 2. The van der Waals surface area contributed by atoms with Crippen LogP contribution in [0.4, 0.5) is 0 Å². The smallest absolute Gasteiger partial charge is 0.251 e. The van der Waals surface area contributed by atoms with Gasteiger partial charge in [0.25, 0.3) is 5.91 Å². The molecule has 0 fully saturated rings. The molecule has 3 rings (SSSR count). The maximum Gasteiger partial charge on any atom is 0.251 e. The van der Waals surface area contributed by atoms with Gasteiger partial charge in [-0.1, -0.05) is 30.3 Å². The summed E-state index contributed by atoms with van der Waals surface area (Å²) in [5.41, 5.74) is 5.43. The van der Waals surface area contributed by atoms with Crippen molar-refractivity contribution in [3.05, 3.63) is 70.3 Å². The van der Waals surface area contributed by atoms with E-state index < -0.39 is 0 Å². The number of hydrogen-bond acceptors (Lipinski definition) is 3.